The summed E-state index contributed by atoms with van der Waals surface area (Å²) in [5, 5.41) is 0. The quantitative estimate of drug-likeness (QED) is 0.773. The van der Waals surface area contributed by atoms with Crippen LogP contribution in [0.25, 0.3) is 0 Å². The van der Waals surface area contributed by atoms with Crippen LogP contribution in [-0.4, -0.2) is 24.7 Å². The fourth-order valence-electron chi connectivity index (χ4n) is 1.82. The Kier molecular flexibility index (Phi) is 4.57. The zero-order chi connectivity index (χ0) is 12.1. The number of carbonyl (C=O) groups excluding carboxylic acids is 1. The van der Waals surface area contributed by atoms with Crippen molar-refractivity contribution in [3.8, 4) is 0 Å². The first-order valence-corrected chi connectivity index (χ1v) is 6.73. The molecule has 2 nitrogen and oxygen atoms in total. The standard InChI is InChI=1S/C13H15FO2S/c14-11-1-3-12(4-2-11)17-9-13(15)10-5-7-16-8-6-10/h1-4,10H,5-9H2. The molecule has 1 aliphatic heterocycles. The summed E-state index contributed by atoms with van der Waals surface area (Å²) in [4.78, 5) is 12.8. The number of ketones is 1. The van der Waals surface area contributed by atoms with Crippen LogP contribution in [0.2, 0.25) is 0 Å². The Balaban J connectivity index is 1.81. The minimum Gasteiger partial charge on any atom is -0.381 e. The zero-order valence-electron chi connectivity index (χ0n) is 9.52. The van der Waals surface area contributed by atoms with Gasteiger partial charge < -0.3 is 4.74 Å². The molecular formula is C13H15FO2S. The summed E-state index contributed by atoms with van der Waals surface area (Å²) in [6, 6.07) is 6.25. The molecular weight excluding hydrogens is 239 g/mol. The predicted molar refractivity (Wildman–Crippen MR) is 65.7 cm³/mol. The van der Waals surface area contributed by atoms with Crippen LogP contribution >= 0.6 is 11.8 Å². The van der Waals surface area contributed by atoms with Gasteiger partial charge in [-0.05, 0) is 37.1 Å². The molecule has 0 aliphatic carbocycles. The molecule has 0 N–H and O–H groups in total. The molecule has 1 heterocycles. The average Bonchev–Trinajstić information content (AvgIpc) is 2.39. The minimum atomic E-state index is -0.245. The van der Waals surface area contributed by atoms with Crippen LogP contribution in [0.5, 0.6) is 0 Å². The van der Waals surface area contributed by atoms with E-state index in [1.165, 1.54) is 23.9 Å². The Morgan fingerprint density at radius 1 is 1.29 bits per heavy atom. The van der Waals surface area contributed by atoms with E-state index >= 15 is 0 Å². The van der Waals surface area contributed by atoms with Crippen molar-refractivity contribution in [1.29, 1.82) is 0 Å². The molecule has 1 aliphatic rings. The summed E-state index contributed by atoms with van der Waals surface area (Å²) in [7, 11) is 0. The topological polar surface area (TPSA) is 26.3 Å². The van der Waals surface area contributed by atoms with Crippen molar-refractivity contribution in [2.75, 3.05) is 19.0 Å². The van der Waals surface area contributed by atoms with Crippen LogP contribution in [0.15, 0.2) is 29.2 Å². The minimum absolute atomic E-state index is 0.150. The van der Waals surface area contributed by atoms with Gasteiger partial charge in [0.25, 0.3) is 0 Å². The van der Waals surface area contributed by atoms with Crippen molar-refractivity contribution in [1.82, 2.24) is 0 Å². The lowest BCUT2D eigenvalue weighted by molar-refractivity contribution is -0.123. The van der Waals surface area contributed by atoms with Crippen molar-refractivity contribution in [2.45, 2.75) is 17.7 Å². The van der Waals surface area contributed by atoms with Gasteiger partial charge in [0.15, 0.2) is 0 Å². The molecule has 0 saturated carbocycles. The fraction of sp³-hybridized carbons (Fsp3) is 0.462. The van der Waals surface area contributed by atoms with E-state index in [2.05, 4.69) is 0 Å². The Morgan fingerprint density at radius 2 is 1.94 bits per heavy atom. The first-order chi connectivity index (χ1) is 8.25. The van der Waals surface area contributed by atoms with Crippen molar-refractivity contribution in [2.24, 2.45) is 5.92 Å². The number of halogens is 1. The van der Waals surface area contributed by atoms with Gasteiger partial charge in [-0.1, -0.05) is 0 Å². The van der Waals surface area contributed by atoms with E-state index in [-0.39, 0.29) is 17.5 Å². The van der Waals surface area contributed by atoms with E-state index in [4.69, 9.17) is 4.74 Å². The highest BCUT2D eigenvalue weighted by molar-refractivity contribution is 8.00. The molecule has 4 heteroatoms. The molecule has 1 saturated heterocycles. The summed E-state index contributed by atoms with van der Waals surface area (Å²) in [5.74, 6) is 0.653. The number of ether oxygens (including phenoxy) is 1. The Labute approximate surface area is 105 Å². The largest absolute Gasteiger partial charge is 0.381 e. The van der Waals surface area contributed by atoms with Crippen LogP contribution in [0.1, 0.15) is 12.8 Å². The first kappa shape index (κ1) is 12.6. The highest BCUT2D eigenvalue weighted by Gasteiger charge is 2.21. The summed E-state index contributed by atoms with van der Waals surface area (Å²) in [5.41, 5.74) is 0. The molecule has 0 aromatic heterocycles. The number of hydrogen-bond donors (Lipinski definition) is 0. The first-order valence-electron chi connectivity index (χ1n) is 5.74. The molecule has 2 rings (SSSR count). The normalized spacial score (nSPS) is 17.0. The van der Waals surface area contributed by atoms with E-state index in [1.807, 2.05) is 0 Å². The van der Waals surface area contributed by atoms with Gasteiger partial charge in [-0.25, -0.2) is 4.39 Å². The lowest BCUT2D eigenvalue weighted by Crippen LogP contribution is -2.24. The van der Waals surface area contributed by atoms with Gasteiger partial charge in [0.05, 0.1) is 5.75 Å². The monoisotopic (exact) mass is 254 g/mol. The van der Waals surface area contributed by atoms with Gasteiger partial charge in [-0.2, -0.15) is 0 Å². The number of carbonyl (C=O) groups is 1. The Hall–Kier alpha value is -0.870. The van der Waals surface area contributed by atoms with Gasteiger partial charge in [-0.15, -0.1) is 11.8 Å². The highest BCUT2D eigenvalue weighted by Crippen LogP contribution is 2.22. The van der Waals surface area contributed by atoms with Crippen LogP contribution in [-0.2, 0) is 9.53 Å². The smallest absolute Gasteiger partial charge is 0.146 e. The molecule has 1 fully saturated rings. The summed E-state index contributed by atoms with van der Waals surface area (Å²) >= 11 is 1.47. The molecule has 0 spiro atoms. The molecule has 0 radical (unpaired) electrons. The third kappa shape index (κ3) is 3.82. The molecule has 0 amide bonds. The number of benzene rings is 1. The average molecular weight is 254 g/mol. The Morgan fingerprint density at radius 3 is 2.59 bits per heavy atom. The number of rotatable bonds is 4. The number of hydrogen-bond acceptors (Lipinski definition) is 3. The van der Waals surface area contributed by atoms with Gasteiger partial charge >= 0.3 is 0 Å². The zero-order valence-corrected chi connectivity index (χ0v) is 10.3. The molecule has 0 bridgehead atoms. The van der Waals surface area contributed by atoms with Gasteiger partial charge in [0.2, 0.25) is 0 Å². The van der Waals surface area contributed by atoms with Gasteiger partial charge in [0, 0.05) is 24.0 Å². The predicted octanol–water partition coefficient (Wildman–Crippen LogP) is 2.91. The maximum atomic E-state index is 12.7. The lowest BCUT2D eigenvalue weighted by atomic mass is 9.96. The van der Waals surface area contributed by atoms with E-state index in [0.29, 0.717) is 19.0 Å². The van der Waals surface area contributed by atoms with Gasteiger partial charge in [-0.3, -0.25) is 4.79 Å². The molecule has 1 aromatic rings. The van der Waals surface area contributed by atoms with Crippen molar-refractivity contribution < 1.29 is 13.9 Å². The van der Waals surface area contributed by atoms with Crippen molar-refractivity contribution in [3.05, 3.63) is 30.1 Å². The molecule has 92 valence electrons. The van der Waals surface area contributed by atoms with Crippen LogP contribution < -0.4 is 0 Å². The SMILES string of the molecule is O=C(CSc1ccc(F)cc1)C1CCOCC1. The fourth-order valence-corrected chi connectivity index (χ4v) is 2.70. The van der Waals surface area contributed by atoms with Crippen molar-refractivity contribution in [3.63, 3.8) is 0 Å². The van der Waals surface area contributed by atoms with Crippen molar-refractivity contribution >= 4 is 17.5 Å². The third-order valence-electron chi connectivity index (χ3n) is 2.87. The molecule has 17 heavy (non-hydrogen) atoms. The van der Waals surface area contributed by atoms with Crippen LogP contribution in [0.4, 0.5) is 4.39 Å². The maximum absolute atomic E-state index is 12.7. The summed E-state index contributed by atoms with van der Waals surface area (Å²) in [6.45, 7) is 1.38. The lowest BCUT2D eigenvalue weighted by Gasteiger charge is -2.20. The molecule has 0 atom stereocenters. The Bertz CT molecular complexity index is 372. The van der Waals surface area contributed by atoms with E-state index in [9.17, 15) is 9.18 Å². The van der Waals surface area contributed by atoms with Gasteiger partial charge in [0.1, 0.15) is 11.6 Å². The van der Waals surface area contributed by atoms with E-state index in [0.717, 1.165) is 17.7 Å². The second-order valence-electron chi connectivity index (χ2n) is 4.10. The number of Topliss-reactive ketones (excluding diaryl/α,β-unsaturated/α-hetero) is 1. The summed E-state index contributed by atoms with van der Waals surface area (Å²) in [6.07, 6.45) is 1.67. The third-order valence-corrected chi connectivity index (χ3v) is 3.91. The maximum Gasteiger partial charge on any atom is 0.146 e. The second kappa shape index (κ2) is 6.17. The van der Waals surface area contributed by atoms with E-state index < -0.39 is 0 Å². The van der Waals surface area contributed by atoms with Crippen LogP contribution in [0.3, 0.4) is 0 Å². The molecule has 1 aromatic carbocycles. The summed E-state index contributed by atoms with van der Waals surface area (Å²) < 4.78 is 17.9. The molecule has 0 unspecified atom stereocenters. The van der Waals surface area contributed by atoms with E-state index in [1.54, 1.807) is 12.1 Å². The highest BCUT2D eigenvalue weighted by atomic mass is 32.2. The van der Waals surface area contributed by atoms with Crippen LogP contribution in [0, 0.1) is 11.7 Å². The number of thioether (sulfide) groups is 1. The second-order valence-corrected chi connectivity index (χ2v) is 5.14.